The van der Waals surface area contributed by atoms with Gasteiger partial charge in [-0.3, -0.25) is 4.79 Å². The van der Waals surface area contributed by atoms with E-state index in [1.54, 1.807) is 18.2 Å². The number of aromatic nitrogens is 1. The fraction of sp³-hybridized carbons (Fsp3) is 0.100. The van der Waals surface area contributed by atoms with Gasteiger partial charge in [0.2, 0.25) is 0 Å². The summed E-state index contributed by atoms with van der Waals surface area (Å²) in [6.45, 7) is 1.85. The molecule has 0 saturated carbocycles. The molecular formula is C10H10N2O. The molecule has 2 aromatic rings. The summed E-state index contributed by atoms with van der Waals surface area (Å²) >= 11 is 0. The zero-order valence-corrected chi connectivity index (χ0v) is 7.29. The third kappa shape index (κ3) is 1.28. The van der Waals surface area contributed by atoms with E-state index in [-0.39, 0.29) is 5.56 Å². The van der Waals surface area contributed by atoms with Gasteiger partial charge >= 0.3 is 0 Å². The Hall–Kier alpha value is -1.77. The molecule has 2 rings (SSSR count). The van der Waals surface area contributed by atoms with Crippen molar-refractivity contribution in [2.45, 2.75) is 6.92 Å². The Balaban J connectivity index is 2.95. The number of fused-ring (bicyclic) bond motifs is 1. The van der Waals surface area contributed by atoms with Crippen molar-refractivity contribution < 1.29 is 0 Å². The van der Waals surface area contributed by atoms with Crippen LogP contribution in [-0.4, -0.2) is 4.98 Å². The Bertz CT molecular complexity index is 509. The zero-order valence-electron chi connectivity index (χ0n) is 7.29. The topological polar surface area (TPSA) is 58.9 Å². The summed E-state index contributed by atoms with van der Waals surface area (Å²) < 4.78 is 0. The molecular weight excluding hydrogens is 164 g/mol. The van der Waals surface area contributed by atoms with Crippen LogP contribution in [0.1, 0.15) is 5.69 Å². The van der Waals surface area contributed by atoms with Gasteiger partial charge in [0.25, 0.3) is 5.56 Å². The molecule has 0 spiro atoms. The molecule has 13 heavy (non-hydrogen) atoms. The van der Waals surface area contributed by atoms with Crippen LogP contribution in [0, 0.1) is 6.92 Å². The molecule has 0 saturated heterocycles. The molecule has 3 nitrogen and oxygen atoms in total. The van der Waals surface area contributed by atoms with E-state index in [1.807, 2.05) is 13.0 Å². The van der Waals surface area contributed by atoms with Gasteiger partial charge in [-0.25, -0.2) is 0 Å². The monoisotopic (exact) mass is 174 g/mol. The lowest BCUT2D eigenvalue weighted by molar-refractivity contribution is 1.17. The highest BCUT2D eigenvalue weighted by atomic mass is 16.1. The number of aromatic amines is 1. The highest BCUT2D eigenvalue weighted by Gasteiger charge is 1.98. The highest BCUT2D eigenvalue weighted by Crippen LogP contribution is 2.13. The van der Waals surface area contributed by atoms with Gasteiger partial charge < -0.3 is 10.7 Å². The standard InChI is InChI=1S/C10H10N2O/c1-6-4-7-5-8(11)2-3-9(7)10(13)12-6/h2-5H,11H2,1H3,(H,12,13). The number of pyridine rings is 1. The minimum Gasteiger partial charge on any atom is -0.399 e. The van der Waals surface area contributed by atoms with E-state index in [0.717, 1.165) is 11.1 Å². The molecule has 0 aliphatic rings. The van der Waals surface area contributed by atoms with Crippen molar-refractivity contribution in [3.63, 3.8) is 0 Å². The van der Waals surface area contributed by atoms with Crippen LogP contribution in [0.2, 0.25) is 0 Å². The average molecular weight is 174 g/mol. The summed E-state index contributed by atoms with van der Waals surface area (Å²) in [5.74, 6) is 0. The maximum atomic E-state index is 11.4. The number of hydrogen-bond acceptors (Lipinski definition) is 2. The Morgan fingerprint density at radius 1 is 1.31 bits per heavy atom. The highest BCUT2D eigenvalue weighted by molar-refractivity contribution is 5.84. The van der Waals surface area contributed by atoms with Crippen LogP contribution in [0.5, 0.6) is 0 Å². The molecule has 1 aromatic carbocycles. The smallest absolute Gasteiger partial charge is 0.256 e. The van der Waals surface area contributed by atoms with Gasteiger partial charge in [0.15, 0.2) is 0 Å². The van der Waals surface area contributed by atoms with Gasteiger partial charge in [-0.2, -0.15) is 0 Å². The Morgan fingerprint density at radius 3 is 2.85 bits per heavy atom. The third-order valence-electron chi connectivity index (χ3n) is 2.00. The van der Waals surface area contributed by atoms with E-state index in [2.05, 4.69) is 4.98 Å². The SMILES string of the molecule is Cc1cc2cc(N)ccc2c(=O)[nH]1. The van der Waals surface area contributed by atoms with Crippen LogP contribution in [-0.2, 0) is 0 Å². The Labute approximate surface area is 75.2 Å². The van der Waals surface area contributed by atoms with Gasteiger partial charge in [0.1, 0.15) is 0 Å². The number of nitrogen functional groups attached to an aromatic ring is 1. The number of rotatable bonds is 0. The van der Waals surface area contributed by atoms with Crippen molar-refractivity contribution in [3.05, 3.63) is 40.3 Å². The predicted molar refractivity (Wildman–Crippen MR) is 53.7 cm³/mol. The summed E-state index contributed by atoms with van der Waals surface area (Å²) in [7, 11) is 0. The van der Waals surface area contributed by atoms with Crippen LogP contribution < -0.4 is 11.3 Å². The summed E-state index contributed by atoms with van der Waals surface area (Å²) in [6.07, 6.45) is 0. The van der Waals surface area contributed by atoms with Crippen LogP contribution >= 0.6 is 0 Å². The molecule has 0 atom stereocenters. The first-order chi connectivity index (χ1) is 6.16. The number of aryl methyl sites for hydroxylation is 1. The van der Waals surface area contributed by atoms with E-state index < -0.39 is 0 Å². The molecule has 1 heterocycles. The molecule has 66 valence electrons. The number of hydrogen-bond donors (Lipinski definition) is 2. The first-order valence-electron chi connectivity index (χ1n) is 4.06. The van der Waals surface area contributed by atoms with Crippen molar-refractivity contribution in [1.82, 2.24) is 4.98 Å². The molecule has 3 N–H and O–H groups in total. The lowest BCUT2D eigenvalue weighted by Gasteiger charge is -1.99. The second-order valence-corrected chi connectivity index (χ2v) is 3.13. The molecule has 0 aliphatic carbocycles. The molecule has 3 heteroatoms. The van der Waals surface area contributed by atoms with Gasteiger partial charge in [-0.05, 0) is 36.6 Å². The maximum absolute atomic E-state index is 11.4. The van der Waals surface area contributed by atoms with E-state index in [9.17, 15) is 4.79 Å². The van der Waals surface area contributed by atoms with Crippen molar-refractivity contribution in [2.75, 3.05) is 5.73 Å². The summed E-state index contributed by atoms with van der Waals surface area (Å²) in [6, 6.07) is 7.18. The number of H-pyrrole nitrogens is 1. The molecule has 0 amide bonds. The number of nitrogens with two attached hydrogens (primary N) is 1. The fourth-order valence-electron chi connectivity index (χ4n) is 1.42. The molecule has 0 bridgehead atoms. The van der Waals surface area contributed by atoms with Crippen LogP contribution in [0.15, 0.2) is 29.1 Å². The number of nitrogens with one attached hydrogen (secondary N) is 1. The van der Waals surface area contributed by atoms with E-state index in [1.165, 1.54) is 0 Å². The largest absolute Gasteiger partial charge is 0.399 e. The Morgan fingerprint density at radius 2 is 2.08 bits per heavy atom. The van der Waals surface area contributed by atoms with Crippen molar-refractivity contribution in [3.8, 4) is 0 Å². The lowest BCUT2D eigenvalue weighted by Crippen LogP contribution is -2.07. The van der Waals surface area contributed by atoms with Gasteiger partial charge in [-0.1, -0.05) is 0 Å². The average Bonchev–Trinajstić information content (AvgIpc) is 2.02. The van der Waals surface area contributed by atoms with Crippen molar-refractivity contribution in [2.24, 2.45) is 0 Å². The normalized spacial score (nSPS) is 10.5. The molecule has 0 unspecified atom stereocenters. The first kappa shape index (κ1) is 7.86. The Kier molecular flexibility index (Phi) is 1.59. The van der Waals surface area contributed by atoms with Gasteiger partial charge in [0.05, 0.1) is 0 Å². The van der Waals surface area contributed by atoms with Crippen LogP contribution in [0.3, 0.4) is 0 Å². The summed E-state index contributed by atoms with van der Waals surface area (Å²) in [5.41, 5.74) is 7.08. The number of benzene rings is 1. The van der Waals surface area contributed by atoms with Gasteiger partial charge in [0, 0.05) is 16.8 Å². The molecule has 0 radical (unpaired) electrons. The summed E-state index contributed by atoms with van der Waals surface area (Å²) in [4.78, 5) is 14.2. The molecule has 0 fully saturated rings. The second-order valence-electron chi connectivity index (χ2n) is 3.13. The van der Waals surface area contributed by atoms with Crippen molar-refractivity contribution >= 4 is 16.5 Å². The lowest BCUT2D eigenvalue weighted by atomic mass is 10.1. The van der Waals surface area contributed by atoms with E-state index in [4.69, 9.17) is 5.73 Å². The zero-order chi connectivity index (χ0) is 9.42. The summed E-state index contributed by atoms with van der Waals surface area (Å²) in [5, 5.41) is 1.57. The maximum Gasteiger partial charge on any atom is 0.256 e. The van der Waals surface area contributed by atoms with Crippen LogP contribution in [0.4, 0.5) is 5.69 Å². The molecule has 0 aliphatic heterocycles. The minimum atomic E-state index is -0.0602. The second kappa shape index (κ2) is 2.62. The number of anilines is 1. The fourth-order valence-corrected chi connectivity index (χ4v) is 1.42. The van der Waals surface area contributed by atoms with E-state index >= 15 is 0 Å². The predicted octanol–water partition coefficient (Wildman–Crippen LogP) is 1.42. The quantitative estimate of drug-likeness (QED) is 0.593. The van der Waals surface area contributed by atoms with Gasteiger partial charge in [-0.15, -0.1) is 0 Å². The van der Waals surface area contributed by atoms with E-state index in [0.29, 0.717) is 11.1 Å². The first-order valence-corrected chi connectivity index (χ1v) is 4.06. The third-order valence-corrected chi connectivity index (χ3v) is 2.00. The van der Waals surface area contributed by atoms with Crippen LogP contribution in [0.25, 0.3) is 10.8 Å². The van der Waals surface area contributed by atoms with Crippen molar-refractivity contribution in [1.29, 1.82) is 0 Å². The molecule has 1 aromatic heterocycles. The minimum absolute atomic E-state index is 0.0602.